The van der Waals surface area contributed by atoms with Crippen molar-refractivity contribution in [3.8, 4) is 5.75 Å². The number of aryl methyl sites for hydroxylation is 3. The first-order valence-corrected chi connectivity index (χ1v) is 9.27. The molecule has 1 amide bonds. The minimum absolute atomic E-state index is 0.0340. The van der Waals surface area contributed by atoms with E-state index in [1.807, 2.05) is 43.7 Å². The molecule has 0 fully saturated rings. The van der Waals surface area contributed by atoms with Crippen molar-refractivity contribution < 1.29 is 9.53 Å². The second-order valence-corrected chi connectivity index (χ2v) is 7.03. The number of fused-ring (bicyclic) bond motifs is 1. The van der Waals surface area contributed by atoms with Gasteiger partial charge in [-0.25, -0.2) is 0 Å². The molecule has 0 saturated heterocycles. The van der Waals surface area contributed by atoms with E-state index in [4.69, 9.17) is 4.74 Å². The Morgan fingerprint density at radius 1 is 1.38 bits per heavy atom. The Morgan fingerprint density at radius 2 is 2.15 bits per heavy atom. The third-order valence-electron chi connectivity index (χ3n) is 4.62. The van der Waals surface area contributed by atoms with Crippen LogP contribution in [0, 0.1) is 13.8 Å². The lowest BCUT2D eigenvalue weighted by molar-refractivity contribution is -0.121. The van der Waals surface area contributed by atoms with Gasteiger partial charge in [-0.3, -0.25) is 9.48 Å². The summed E-state index contributed by atoms with van der Waals surface area (Å²) in [7, 11) is 0. The summed E-state index contributed by atoms with van der Waals surface area (Å²) in [4.78, 5) is 12.2. The lowest BCUT2D eigenvalue weighted by Gasteiger charge is -2.17. The lowest BCUT2D eigenvalue weighted by Crippen LogP contribution is -2.37. The zero-order valence-electron chi connectivity index (χ0n) is 15.8. The van der Waals surface area contributed by atoms with Crippen LogP contribution in [-0.4, -0.2) is 34.9 Å². The predicted molar refractivity (Wildman–Crippen MR) is 101 cm³/mol. The molecule has 0 unspecified atom stereocenters. The van der Waals surface area contributed by atoms with Crippen molar-refractivity contribution in [2.75, 3.05) is 13.2 Å². The number of rotatable bonds is 7. The molecule has 140 valence electrons. The van der Waals surface area contributed by atoms with Crippen LogP contribution in [-0.2, 0) is 24.3 Å². The molecule has 2 N–H and O–H groups in total. The van der Waals surface area contributed by atoms with Crippen LogP contribution in [0.2, 0.25) is 0 Å². The van der Waals surface area contributed by atoms with Crippen LogP contribution in [0.3, 0.4) is 0 Å². The van der Waals surface area contributed by atoms with Crippen LogP contribution in [0.25, 0.3) is 0 Å². The average molecular weight is 356 g/mol. The smallest absolute Gasteiger partial charge is 0.220 e. The topological polar surface area (TPSA) is 68.2 Å². The van der Waals surface area contributed by atoms with Crippen molar-refractivity contribution in [3.05, 3.63) is 46.8 Å². The molecule has 2 heterocycles. The minimum Gasteiger partial charge on any atom is -0.491 e. The van der Waals surface area contributed by atoms with Gasteiger partial charge in [0, 0.05) is 25.9 Å². The maximum Gasteiger partial charge on any atom is 0.220 e. The van der Waals surface area contributed by atoms with E-state index in [2.05, 4.69) is 21.8 Å². The maximum atomic E-state index is 12.2. The van der Waals surface area contributed by atoms with Crippen LogP contribution < -0.4 is 15.4 Å². The molecule has 0 spiro atoms. The number of aromatic nitrogens is 2. The highest BCUT2D eigenvalue weighted by Crippen LogP contribution is 2.22. The van der Waals surface area contributed by atoms with Gasteiger partial charge in [-0.1, -0.05) is 18.2 Å². The largest absolute Gasteiger partial charge is 0.491 e. The molecule has 0 saturated carbocycles. The van der Waals surface area contributed by atoms with Crippen molar-refractivity contribution >= 4 is 5.91 Å². The molecule has 1 aliphatic heterocycles. The first-order valence-electron chi connectivity index (χ1n) is 9.27. The third-order valence-corrected chi connectivity index (χ3v) is 4.62. The van der Waals surface area contributed by atoms with Crippen LogP contribution in [0.5, 0.6) is 5.75 Å². The van der Waals surface area contributed by atoms with Gasteiger partial charge in [0.2, 0.25) is 5.91 Å². The monoisotopic (exact) mass is 356 g/mol. The number of ether oxygens (including phenoxy) is 1. The standard InChI is InChI=1S/C20H28N4O2/c1-14-5-4-6-15(2)20(14)26-13-16(3)22-19(25)8-7-17-11-18-12-21-9-10-24(18)23-17/h4-6,11,16,21H,7-10,12-13H2,1-3H3,(H,22,25)/t16-/m0/s1. The number of para-hydroxylation sites is 1. The van der Waals surface area contributed by atoms with Gasteiger partial charge in [0.1, 0.15) is 12.4 Å². The Balaban J connectivity index is 1.43. The normalized spacial score (nSPS) is 14.6. The molecule has 1 aliphatic rings. The van der Waals surface area contributed by atoms with Crippen LogP contribution >= 0.6 is 0 Å². The Hall–Kier alpha value is -2.34. The van der Waals surface area contributed by atoms with E-state index < -0.39 is 0 Å². The van der Waals surface area contributed by atoms with Crippen molar-refractivity contribution in [3.63, 3.8) is 0 Å². The first-order chi connectivity index (χ1) is 12.5. The second-order valence-electron chi connectivity index (χ2n) is 7.03. The van der Waals surface area contributed by atoms with E-state index in [1.54, 1.807) is 0 Å². The van der Waals surface area contributed by atoms with Crippen molar-refractivity contribution in [1.29, 1.82) is 0 Å². The number of nitrogens with zero attached hydrogens (tertiary/aromatic N) is 2. The van der Waals surface area contributed by atoms with E-state index in [-0.39, 0.29) is 11.9 Å². The summed E-state index contributed by atoms with van der Waals surface area (Å²) < 4.78 is 7.94. The van der Waals surface area contributed by atoms with Crippen molar-refractivity contribution in [1.82, 2.24) is 20.4 Å². The fraction of sp³-hybridized carbons (Fsp3) is 0.500. The summed E-state index contributed by atoms with van der Waals surface area (Å²) in [5.41, 5.74) is 4.41. The summed E-state index contributed by atoms with van der Waals surface area (Å²) in [6, 6.07) is 8.14. The number of benzene rings is 1. The van der Waals surface area contributed by atoms with Gasteiger partial charge in [-0.15, -0.1) is 0 Å². The van der Waals surface area contributed by atoms with Crippen LogP contribution in [0.1, 0.15) is 35.9 Å². The lowest BCUT2D eigenvalue weighted by atomic mass is 10.1. The Kier molecular flexibility index (Phi) is 5.93. The second kappa shape index (κ2) is 8.36. The van der Waals surface area contributed by atoms with E-state index >= 15 is 0 Å². The van der Waals surface area contributed by atoms with E-state index in [1.165, 1.54) is 5.69 Å². The van der Waals surface area contributed by atoms with Gasteiger partial charge in [-0.2, -0.15) is 5.10 Å². The van der Waals surface area contributed by atoms with Gasteiger partial charge < -0.3 is 15.4 Å². The molecule has 26 heavy (non-hydrogen) atoms. The molecule has 0 bridgehead atoms. The molecule has 6 heteroatoms. The molecule has 1 atom stereocenters. The molecular formula is C20H28N4O2. The van der Waals surface area contributed by atoms with Crippen molar-refractivity contribution in [2.24, 2.45) is 0 Å². The van der Waals surface area contributed by atoms with E-state index in [0.29, 0.717) is 19.4 Å². The SMILES string of the molecule is Cc1cccc(C)c1OC[C@H](C)NC(=O)CCc1cc2n(n1)CCNC2. The zero-order chi connectivity index (χ0) is 18.5. The Labute approximate surface area is 154 Å². The number of amides is 1. The van der Waals surface area contributed by atoms with Crippen LogP contribution in [0.4, 0.5) is 0 Å². The van der Waals surface area contributed by atoms with E-state index in [0.717, 1.165) is 42.2 Å². The van der Waals surface area contributed by atoms with Gasteiger partial charge in [-0.05, 0) is 38.0 Å². The van der Waals surface area contributed by atoms with Crippen molar-refractivity contribution in [2.45, 2.75) is 52.7 Å². The molecule has 2 aromatic rings. The first kappa shape index (κ1) is 18.5. The van der Waals surface area contributed by atoms with Gasteiger partial charge >= 0.3 is 0 Å². The molecule has 1 aromatic heterocycles. The Bertz CT molecular complexity index is 725. The molecular weight excluding hydrogens is 328 g/mol. The Morgan fingerprint density at radius 3 is 2.88 bits per heavy atom. The highest BCUT2D eigenvalue weighted by atomic mass is 16.5. The summed E-state index contributed by atoms with van der Waals surface area (Å²) >= 11 is 0. The third kappa shape index (κ3) is 4.64. The highest BCUT2D eigenvalue weighted by Gasteiger charge is 2.14. The summed E-state index contributed by atoms with van der Waals surface area (Å²) in [6.45, 7) is 9.19. The quantitative estimate of drug-likeness (QED) is 0.797. The molecule has 1 aromatic carbocycles. The molecule has 3 rings (SSSR count). The maximum absolute atomic E-state index is 12.2. The number of hydrogen-bond donors (Lipinski definition) is 2. The van der Waals surface area contributed by atoms with Gasteiger partial charge in [0.15, 0.2) is 0 Å². The number of nitrogens with one attached hydrogen (secondary N) is 2. The van der Waals surface area contributed by atoms with Gasteiger partial charge in [0.05, 0.1) is 24.0 Å². The fourth-order valence-electron chi connectivity index (χ4n) is 3.24. The van der Waals surface area contributed by atoms with Gasteiger partial charge in [0.25, 0.3) is 0 Å². The summed E-state index contributed by atoms with van der Waals surface area (Å²) in [6.07, 6.45) is 1.11. The number of carbonyl (C=O) groups is 1. The molecule has 0 aliphatic carbocycles. The summed E-state index contributed by atoms with van der Waals surface area (Å²) in [5, 5.41) is 10.9. The van der Waals surface area contributed by atoms with E-state index in [9.17, 15) is 4.79 Å². The average Bonchev–Trinajstić information content (AvgIpc) is 3.02. The number of carbonyl (C=O) groups excluding carboxylic acids is 1. The predicted octanol–water partition coefficient (Wildman–Crippen LogP) is 2.12. The summed E-state index contributed by atoms with van der Waals surface area (Å²) in [5.74, 6) is 0.942. The molecule has 0 radical (unpaired) electrons. The molecule has 6 nitrogen and oxygen atoms in total. The minimum atomic E-state index is -0.0408. The fourth-order valence-corrected chi connectivity index (χ4v) is 3.24. The highest BCUT2D eigenvalue weighted by molar-refractivity contribution is 5.76. The van der Waals surface area contributed by atoms with Crippen LogP contribution in [0.15, 0.2) is 24.3 Å². The number of hydrogen-bond acceptors (Lipinski definition) is 4. The zero-order valence-corrected chi connectivity index (χ0v) is 15.8.